The van der Waals surface area contributed by atoms with Gasteiger partial charge in [0.05, 0.1) is 5.71 Å². The van der Waals surface area contributed by atoms with E-state index < -0.39 is 5.97 Å². The van der Waals surface area contributed by atoms with Crippen molar-refractivity contribution in [3.8, 4) is 0 Å². The van der Waals surface area contributed by atoms with Gasteiger partial charge in [0, 0.05) is 46.4 Å². The Morgan fingerprint density at radius 2 is 1.94 bits per heavy atom. The Bertz CT molecular complexity index is 1340. The fraction of sp³-hybridized carbons (Fsp3) is 0.269. The summed E-state index contributed by atoms with van der Waals surface area (Å²) in [5.41, 5.74) is 4.41. The molecule has 1 aliphatic rings. The van der Waals surface area contributed by atoms with Crippen molar-refractivity contribution in [2.45, 2.75) is 40.7 Å². The number of carbonyl (C=O) groups excluding carboxylic acids is 2. The van der Waals surface area contributed by atoms with E-state index >= 15 is 0 Å². The van der Waals surface area contributed by atoms with Crippen LogP contribution in [0.1, 0.15) is 48.7 Å². The van der Waals surface area contributed by atoms with Crippen molar-refractivity contribution >= 4 is 40.5 Å². The van der Waals surface area contributed by atoms with Crippen molar-refractivity contribution in [2.75, 3.05) is 0 Å². The molecule has 0 saturated carbocycles. The third-order valence-electron chi connectivity index (χ3n) is 5.87. The molecule has 0 spiro atoms. The molecule has 5 heteroatoms. The van der Waals surface area contributed by atoms with Crippen LogP contribution in [0.3, 0.4) is 0 Å². The van der Waals surface area contributed by atoms with E-state index in [9.17, 15) is 9.59 Å². The molecule has 0 radical (unpaired) electrons. The first-order valence-corrected chi connectivity index (χ1v) is 10.6. The zero-order valence-electron chi connectivity index (χ0n) is 18.3. The molecular formula is C26H26N2O3. The van der Waals surface area contributed by atoms with Crippen molar-refractivity contribution in [2.24, 2.45) is 11.1 Å². The van der Waals surface area contributed by atoms with Gasteiger partial charge in [-0.2, -0.15) is 0 Å². The molecule has 0 aliphatic heterocycles. The van der Waals surface area contributed by atoms with Crippen LogP contribution in [-0.4, -0.2) is 22.0 Å². The largest absolute Gasteiger partial charge is 0.341 e. The minimum atomic E-state index is -0.449. The third-order valence-corrected chi connectivity index (χ3v) is 5.87. The summed E-state index contributed by atoms with van der Waals surface area (Å²) < 4.78 is 2.28. The van der Waals surface area contributed by atoms with E-state index in [0.29, 0.717) is 12.1 Å². The zero-order chi connectivity index (χ0) is 22.1. The average Bonchev–Trinajstić information content (AvgIpc) is 3.09. The quantitative estimate of drug-likeness (QED) is 0.277. The normalized spacial score (nSPS) is 15.7. The van der Waals surface area contributed by atoms with Gasteiger partial charge in [-0.15, -0.1) is 0 Å². The van der Waals surface area contributed by atoms with E-state index in [1.807, 2.05) is 44.2 Å². The van der Waals surface area contributed by atoms with Gasteiger partial charge >= 0.3 is 5.97 Å². The standard InChI is InChI=1S/C26H26N2O3/c1-5-28-24-12-10-19(17(3)27-31-18(4)29)14-22(24)23-15-20(11-13-25(23)28)26(30)21-9-7-6-8-16(21)2/h6-10,12-15,20H,5,11H2,1-4H3/b27-17+. The van der Waals surface area contributed by atoms with E-state index in [-0.39, 0.29) is 11.7 Å². The van der Waals surface area contributed by atoms with Crippen LogP contribution in [0.4, 0.5) is 0 Å². The maximum Gasteiger partial charge on any atom is 0.331 e. The summed E-state index contributed by atoms with van der Waals surface area (Å²) in [7, 11) is 0. The molecule has 2 aromatic carbocycles. The van der Waals surface area contributed by atoms with Gasteiger partial charge in [-0.05, 0) is 50.5 Å². The molecule has 0 fully saturated rings. The summed E-state index contributed by atoms with van der Waals surface area (Å²) >= 11 is 0. The lowest BCUT2D eigenvalue weighted by Crippen LogP contribution is -2.34. The number of aryl methyl sites for hydroxylation is 2. The number of ketones is 1. The Balaban J connectivity index is 1.85. The van der Waals surface area contributed by atoms with Crippen LogP contribution in [-0.2, 0) is 16.2 Å². The second-order valence-corrected chi connectivity index (χ2v) is 7.93. The van der Waals surface area contributed by atoms with E-state index in [1.54, 1.807) is 0 Å². The van der Waals surface area contributed by atoms with Crippen molar-refractivity contribution in [3.05, 3.63) is 69.7 Å². The molecule has 3 aromatic rings. The summed E-state index contributed by atoms with van der Waals surface area (Å²) in [5, 5.41) is 7.23. The summed E-state index contributed by atoms with van der Waals surface area (Å²) in [4.78, 5) is 29.1. The van der Waals surface area contributed by atoms with Gasteiger partial charge in [-0.1, -0.05) is 47.6 Å². The van der Waals surface area contributed by atoms with Gasteiger partial charge < -0.3 is 9.40 Å². The number of aromatic nitrogens is 1. The minimum Gasteiger partial charge on any atom is -0.341 e. The van der Waals surface area contributed by atoms with Crippen LogP contribution < -0.4 is 10.6 Å². The van der Waals surface area contributed by atoms with Crippen LogP contribution >= 0.6 is 0 Å². The molecule has 1 heterocycles. The Labute approximate surface area is 181 Å². The summed E-state index contributed by atoms with van der Waals surface area (Å²) in [6.07, 6.45) is 4.98. The van der Waals surface area contributed by atoms with Crippen LogP contribution in [0.15, 0.2) is 47.6 Å². The first kappa shape index (κ1) is 20.8. The average molecular weight is 415 g/mol. The lowest BCUT2D eigenvalue weighted by molar-refractivity contribution is -0.140. The fourth-order valence-electron chi connectivity index (χ4n) is 4.29. The van der Waals surface area contributed by atoms with Crippen LogP contribution in [0.2, 0.25) is 0 Å². The molecule has 31 heavy (non-hydrogen) atoms. The van der Waals surface area contributed by atoms with Gasteiger partial charge in [-0.25, -0.2) is 4.79 Å². The van der Waals surface area contributed by atoms with Crippen molar-refractivity contribution in [3.63, 3.8) is 0 Å². The molecule has 5 nitrogen and oxygen atoms in total. The summed E-state index contributed by atoms with van der Waals surface area (Å²) in [5.74, 6) is -0.486. The molecular weight excluding hydrogens is 388 g/mol. The number of oxime groups is 1. The fourth-order valence-corrected chi connectivity index (χ4v) is 4.29. The van der Waals surface area contributed by atoms with Crippen LogP contribution in [0, 0.1) is 12.8 Å². The zero-order valence-corrected chi connectivity index (χ0v) is 18.3. The Morgan fingerprint density at radius 3 is 2.65 bits per heavy atom. The molecule has 0 N–H and O–H groups in total. The van der Waals surface area contributed by atoms with E-state index in [2.05, 4.69) is 40.9 Å². The van der Waals surface area contributed by atoms with E-state index in [1.165, 1.54) is 6.92 Å². The Hall–Kier alpha value is -3.47. The van der Waals surface area contributed by atoms with Gasteiger partial charge in [0.2, 0.25) is 0 Å². The van der Waals surface area contributed by atoms with Crippen LogP contribution in [0.5, 0.6) is 0 Å². The van der Waals surface area contributed by atoms with Crippen molar-refractivity contribution < 1.29 is 14.4 Å². The van der Waals surface area contributed by atoms with Gasteiger partial charge in [0.1, 0.15) is 0 Å². The predicted octanol–water partition coefficient (Wildman–Crippen LogP) is 3.72. The number of Topliss-reactive ketones (excluding diaryl/α,β-unsaturated/α-hetero) is 1. The maximum absolute atomic E-state index is 13.2. The molecule has 0 bridgehead atoms. The number of carbonyl (C=O) groups is 2. The molecule has 4 rings (SSSR count). The topological polar surface area (TPSA) is 60.7 Å². The highest BCUT2D eigenvalue weighted by Crippen LogP contribution is 2.21. The Morgan fingerprint density at radius 1 is 1.16 bits per heavy atom. The first-order valence-electron chi connectivity index (χ1n) is 10.6. The predicted molar refractivity (Wildman–Crippen MR) is 123 cm³/mol. The molecule has 1 atom stereocenters. The number of nitrogens with zero attached hydrogens (tertiary/aromatic N) is 2. The monoisotopic (exact) mass is 414 g/mol. The van der Waals surface area contributed by atoms with E-state index in [4.69, 9.17) is 4.84 Å². The highest BCUT2D eigenvalue weighted by Gasteiger charge is 2.22. The SMILES string of the molecule is CCn1c2c(c3cc(/C(C)=N/OC(C)=O)ccc31)=CC(C(=O)c1ccccc1C)CC=2. The molecule has 158 valence electrons. The summed E-state index contributed by atoms with van der Waals surface area (Å²) in [6, 6.07) is 13.9. The molecule has 1 aromatic heterocycles. The number of benzene rings is 2. The van der Waals surface area contributed by atoms with Gasteiger partial charge in [0.15, 0.2) is 5.78 Å². The molecule has 0 saturated heterocycles. The summed E-state index contributed by atoms with van der Waals surface area (Å²) in [6.45, 7) is 8.08. The molecule has 0 amide bonds. The van der Waals surface area contributed by atoms with Crippen molar-refractivity contribution in [1.29, 1.82) is 0 Å². The minimum absolute atomic E-state index is 0.154. The highest BCUT2D eigenvalue weighted by atomic mass is 16.7. The molecule has 1 aliphatic carbocycles. The van der Waals surface area contributed by atoms with Gasteiger partial charge in [0.25, 0.3) is 0 Å². The smallest absolute Gasteiger partial charge is 0.331 e. The first-order chi connectivity index (χ1) is 14.9. The van der Waals surface area contributed by atoms with Crippen molar-refractivity contribution in [1.82, 2.24) is 4.57 Å². The van der Waals surface area contributed by atoms with E-state index in [0.717, 1.165) is 44.7 Å². The van der Waals surface area contributed by atoms with Crippen LogP contribution in [0.25, 0.3) is 23.1 Å². The number of rotatable bonds is 5. The third kappa shape index (κ3) is 3.83. The number of fused-ring (bicyclic) bond motifs is 3. The Kier molecular flexibility index (Phi) is 5.59. The number of hydrogen-bond donors (Lipinski definition) is 0. The lowest BCUT2D eigenvalue weighted by atomic mass is 9.89. The maximum atomic E-state index is 13.2. The number of hydrogen-bond acceptors (Lipinski definition) is 4. The molecule has 1 unspecified atom stereocenters. The lowest BCUT2D eigenvalue weighted by Gasteiger charge is -2.14. The second kappa shape index (κ2) is 8.34. The highest BCUT2D eigenvalue weighted by molar-refractivity contribution is 6.04. The second-order valence-electron chi connectivity index (χ2n) is 7.93. The van der Waals surface area contributed by atoms with Gasteiger partial charge in [-0.3, -0.25) is 4.79 Å².